The van der Waals surface area contributed by atoms with E-state index < -0.39 is 0 Å². The number of ether oxygens (including phenoxy) is 1. The number of hydrogen-bond donors (Lipinski definition) is 2. The summed E-state index contributed by atoms with van der Waals surface area (Å²) in [4.78, 5) is 15.6. The number of pyridine rings is 1. The van der Waals surface area contributed by atoms with Crippen molar-refractivity contribution in [2.24, 2.45) is 0 Å². The van der Waals surface area contributed by atoms with E-state index in [-0.39, 0.29) is 22.9 Å². The highest BCUT2D eigenvalue weighted by atomic mass is 35.5. The van der Waals surface area contributed by atoms with E-state index in [0.29, 0.717) is 12.1 Å². The number of aromatic nitrogens is 1. The molecule has 2 heterocycles. The molecule has 1 aliphatic rings. The van der Waals surface area contributed by atoms with Gasteiger partial charge in [0.2, 0.25) is 0 Å². The Bertz CT molecular complexity index is 419. The molecule has 1 atom stereocenters. The van der Waals surface area contributed by atoms with Crippen LogP contribution in [-0.4, -0.2) is 30.1 Å². The largest absolute Gasteiger partial charge is 0.382 e. The first kappa shape index (κ1) is 12.1. The Balaban J connectivity index is 1.92. The molecule has 2 rings (SSSR count). The van der Waals surface area contributed by atoms with E-state index >= 15 is 0 Å². The molecule has 0 spiro atoms. The highest BCUT2D eigenvalue weighted by molar-refractivity contribution is 6.33. The number of carbonyl (C=O) groups is 1. The number of rotatable bonds is 3. The van der Waals surface area contributed by atoms with Gasteiger partial charge in [0.05, 0.1) is 16.7 Å². The molecule has 6 heteroatoms. The van der Waals surface area contributed by atoms with Gasteiger partial charge in [-0.1, -0.05) is 11.6 Å². The standard InChI is InChI=1S/C11H14ClN3O2/c12-9-4-7(5-14-10(9)13)11(16)15-6-8-2-1-3-17-8/h4-5,8H,1-3,6H2,(H2,13,14)(H,15,16). The Morgan fingerprint density at radius 3 is 3.18 bits per heavy atom. The summed E-state index contributed by atoms with van der Waals surface area (Å²) < 4.78 is 5.41. The first-order chi connectivity index (χ1) is 8.16. The highest BCUT2D eigenvalue weighted by Crippen LogP contribution is 2.16. The normalized spacial score (nSPS) is 19.2. The molecule has 1 aromatic heterocycles. The maximum Gasteiger partial charge on any atom is 0.252 e. The van der Waals surface area contributed by atoms with Gasteiger partial charge in [-0.05, 0) is 18.9 Å². The zero-order valence-electron chi connectivity index (χ0n) is 9.28. The van der Waals surface area contributed by atoms with Crippen molar-refractivity contribution < 1.29 is 9.53 Å². The number of nitrogens with zero attached hydrogens (tertiary/aromatic N) is 1. The lowest BCUT2D eigenvalue weighted by Crippen LogP contribution is -2.31. The predicted molar refractivity (Wildman–Crippen MR) is 65.0 cm³/mol. The molecule has 17 heavy (non-hydrogen) atoms. The van der Waals surface area contributed by atoms with E-state index in [9.17, 15) is 4.79 Å². The highest BCUT2D eigenvalue weighted by Gasteiger charge is 2.17. The fraction of sp³-hybridized carbons (Fsp3) is 0.455. The average Bonchev–Trinajstić information content (AvgIpc) is 2.82. The molecule has 0 aliphatic carbocycles. The first-order valence-corrected chi connectivity index (χ1v) is 5.85. The van der Waals surface area contributed by atoms with Gasteiger partial charge in [0.15, 0.2) is 0 Å². The molecule has 0 radical (unpaired) electrons. The van der Waals surface area contributed by atoms with Crippen molar-refractivity contribution in [2.75, 3.05) is 18.9 Å². The Morgan fingerprint density at radius 1 is 1.71 bits per heavy atom. The minimum atomic E-state index is -0.213. The molecule has 3 N–H and O–H groups in total. The zero-order valence-corrected chi connectivity index (χ0v) is 10.0. The van der Waals surface area contributed by atoms with Crippen LogP contribution >= 0.6 is 11.6 Å². The van der Waals surface area contributed by atoms with Gasteiger partial charge in [-0.2, -0.15) is 0 Å². The van der Waals surface area contributed by atoms with Gasteiger partial charge in [-0.25, -0.2) is 4.98 Å². The summed E-state index contributed by atoms with van der Waals surface area (Å²) in [5, 5.41) is 3.07. The van der Waals surface area contributed by atoms with Gasteiger partial charge in [0, 0.05) is 19.3 Å². The quantitative estimate of drug-likeness (QED) is 0.852. The SMILES string of the molecule is Nc1ncc(C(=O)NCC2CCCO2)cc1Cl. The molecule has 92 valence electrons. The second-order valence-electron chi connectivity index (χ2n) is 3.94. The Labute approximate surface area is 104 Å². The monoisotopic (exact) mass is 255 g/mol. The van der Waals surface area contributed by atoms with Crippen LogP contribution in [0.2, 0.25) is 5.02 Å². The van der Waals surface area contributed by atoms with Crippen LogP contribution in [0, 0.1) is 0 Å². The van der Waals surface area contributed by atoms with Gasteiger partial charge >= 0.3 is 0 Å². The van der Waals surface area contributed by atoms with Crippen molar-refractivity contribution in [3.05, 3.63) is 22.8 Å². The summed E-state index contributed by atoms with van der Waals surface area (Å²) in [6, 6.07) is 1.51. The van der Waals surface area contributed by atoms with Crippen molar-refractivity contribution >= 4 is 23.3 Å². The number of hydrogen-bond acceptors (Lipinski definition) is 4. The summed E-state index contributed by atoms with van der Waals surface area (Å²) in [7, 11) is 0. The van der Waals surface area contributed by atoms with Gasteiger partial charge in [-0.3, -0.25) is 4.79 Å². The molecule has 0 saturated carbocycles. The third-order valence-electron chi connectivity index (χ3n) is 2.65. The fourth-order valence-corrected chi connectivity index (χ4v) is 1.85. The van der Waals surface area contributed by atoms with Crippen molar-refractivity contribution in [3.63, 3.8) is 0 Å². The second-order valence-corrected chi connectivity index (χ2v) is 4.34. The summed E-state index contributed by atoms with van der Waals surface area (Å²) in [5.74, 6) is 0.0113. The summed E-state index contributed by atoms with van der Waals surface area (Å²) in [6.07, 6.45) is 3.57. The number of nitrogens with two attached hydrogens (primary N) is 1. The lowest BCUT2D eigenvalue weighted by molar-refractivity contribution is 0.0857. The molecule has 1 fully saturated rings. The number of nitrogen functional groups attached to an aromatic ring is 1. The molecular weight excluding hydrogens is 242 g/mol. The molecular formula is C11H14ClN3O2. The number of nitrogens with one attached hydrogen (secondary N) is 1. The second kappa shape index (κ2) is 5.33. The van der Waals surface area contributed by atoms with Crippen molar-refractivity contribution in [1.82, 2.24) is 10.3 Å². The van der Waals surface area contributed by atoms with Crippen LogP contribution < -0.4 is 11.1 Å². The molecule has 1 unspecified atom stereocenters. The van der Waals surface area contributed by atoms with E-state index in [1.807, 2.05) is 0 Å². The summed E-state index contributed by atoms with van der Waals surface area (Å²) in [6.45, 7) is 1.29. The van der Waals surface area contributed by atoms with Crippen LogP contribution in [0.1, 0.15) is 23.2 Å². The zero-order chi connectivity index (χ0) is 12.3. The molecule has 1 aliphatic heterocycles. The first-order valence-electron chi connectivity index (χ1n) is 5.47. The smallest absolute Gasteiger partial charge is 0.252 e. The Kier molecular flexibility index (Phi) is 3.81. The molecule has 0 bridgehead atoms. The van der Waals surface area contributed by atoms with Crippen molar-refractivity contribution in [1.29, 1.82) is 0 Å². The number of carbonyl (C=O) groups excluding carboxylic acids is 1. The molecule has 1 aromatic rings. The molecule has 1 saturated heterocycles. The van der Waals surface area contributed by atoms with Gasteiger partial charge in [0.1, 0.15) is 5.82 Å². The van der Waals surface area contributed by atoms with Crippen molar-refractivity contribution in [2.45, 2.75) is 18.9 Å². The Morgan fingerprint density at radius 2 is 2.53 bits per heavy atom. The fourth-order valence-electron chi connectivity index (χ4n) is 1.69. The van der Waals surface area contributed by atoms with Crippen LogP contribution in [0.25, 0.3) is 0 Å². The summed E-state index contributed by atoms with van der Waals surface area (Å²) >= 11 is 5.79. The lowest BCUT2D eigenvalue weighted by Gasteiger charge is -2.10. The van der Waals surface area contributed by atoms with E-state index in [1.165, 1.54) is 12.3 Å². The van der Waals surface area contributed by atoms with Gasteiger partial charge in [0.25, 0.3) is 5.91 Å². The summed E-state index contributed by atoms with van der Waals surface area (Å²) in [5.41, 5.74) is 5.87. The topological polar surface area (TPSA) is 77.2 Å². The third-order valence-corrected chi connectivity index (χ3v) is 2.95. The maximum absolute atomic E-state index is 11.8. The van der Waals surface area contributed by atoms with Crippen LogP contribution in [0.15, 0.2) is 12.3 Å². The third kappa shape index (κ3) is 3.08. The number of amides is 1. The number of anilines is 1. The van der Waals surface area contributed by atoms with Crippen LogP contribution in [0.4, 0.5) is 5.82 Å². The van der Waals surface area contributed by atoms with Crippen molar-refractivity contribution in [3.8, 4) is 0 Å². The van der Waals surface area contributed by atoms with Crippen LogP contribution in [-0.2, 0) is 4.74 Å². The minimum absolute atomic E-state index is 0.121. The predicted octanol–water partition coefficient (Wildman–Crippen LogP) is 1.23. The minimum Gasteiger partial charge on any atom is -0.382 e. The van der Waals surface area contributed by atoms with E-state index in [0.717, 1.165) is 19.4 Å². The molecule has 0 aromatic carbocycles. The number of halogens is 1. The van der Waals surface area contributed by atoms with Crippen LogP contribution in [0.3, 0.4) is 0 Å². The van der Waals surface area contributed by atoms with E-state index in [2.05, 4.69) is 10.3 Å². The van der Waals surface area contributed by atoms with Crippen LogP contribution in [0.5, 0.6) is 0 Å². The van der Waals surface area contributed by atoms with E-state index in [1.54, 1.807) is 0 Å². The van der Waals surface area contributed by atoms with Gasteiger partial charge < -0.3 is 15.8 Å². The Hall–Kier alpha value is -1.33. The van der Waals surface area contributed by atoms with E-state index in [4.69, 9.17) is 22.1 Å². The average molecular weight is 256 g/mol. The molecule has 5 nitrogen and oxygen atoms in total. The lowest BCUT2D eigenvalue weighted by atomic mass is 10.2. The maximum atomic E-state index is 11.8. The molecule has 1 amide bonds. The van der Waals surface area contributed by atoms with Gasteiger partial charge in [-0.15, -0.1) is 0 Å².